The minimum atomic E-state index is -0.0777. The van der Waals surface area contributed by atoms with Crippen molar-refractivity contribution in [2.24, 2.45) is 0 Å². The Hall–Kier alpha value is -18.8. The number of furan rings is 3. The molecule has 0 saturated heterocycles. The third-order valence-electron chi connectivity index (χ3n) is 29.0. The molecule has 31 rings (SSSR count). The number of fused-ring (bicyclic) bond motifs is 27. The highest BCUT2D eigenvalue weighted by molar-refractivity contribution is 7.25. The smallest absolute Gasteiger partial charge is 0.180 e. The number of aromatic nitrogens is 10. The van der Waals surface area contributed by atoms with E-state index in [0.717, 1.165) is 150 Å². The third kappa shape index (κ3) is 12.7. The second-order valence-corrected chi connectivity index (χ2v) is 38.4. The van der Waals surface area contributed by atoms with Crippen LogP contribution in [0.25, 0.3) is 275 Å². The second kappa shape index (κ2) is 32.2. The lowest BCUT2D eigenvalue weighted by atomic mass is 9.82. The zero-order valence-corrected chi connectivity index (χ0v) is 78.1. The molecule has 11 heterocycles. The predicted octanol–water partition coefficient (Wildman–Crippen LogP) is 34.2. The van der Waals surface area contributed by atoms with Crippen molar-refractivity contribution in [1.29, 1.82) is 0 Å². The van der Waals surface area contributed by atoms with Gasteiger partial charge in [0.15, 0.2) is 34.2 Å². The Balaban J connectivity index is 0.000000102. The molecule has 0 bridgehead atoms. The summed E-state index contributed by atoms with van der Waals surface area (Å²) in [4.78, 5) is 31.5. The van der Waals surface area contributed by atoms with Crippen molar-refractivity contribution < 1.29 is 13.3 Å². The molecule has 0 aliphatic heterocycles. The van der Waals surface area contributed by atoms with Crippen molar-refractivity contribution >= 4 is 185 Å². The second-order valence-electron chi connectivity index (χ2n) is 37.3. The fourth-order valence-electron chi connectivity index (χ4n) is 22.5. The molecular weight excluding hydrogens is 1770 g/mol. The summed E-state index contributed by atoms with van der Waals surface area (Å²) in [5.74, 6) is 1.98. The molecule has 30 aromatic rings. The first-order valence-electron chi connectivity index (χ1n) is 48.3. The first-order chi connectivity index (χ1) is 70.7. The lowest BCUT2D eigenvalue weighted by Gasteiger charge is -2.21. The molecule has 19 aromatic carbocycles. The average molecular weight is 1850 g/mol. The molecule has 1 aliphatic rings. The Morgan fingerprint density at radius 1 is 0.210 bits per heavy atom. The lowest BCUT2D eigenvalue weighted by Crippen LogP contribution is -2.14. The molecule has 11 aromatic heterocycles. The first kappa shape index (κ1) is 81.4. The van der Waals surface area contributed by atoms with Crippen molar-refractivity contribution in [2.75, 3.05) is 0 Å². The van der Waals surface area contributed by atoms with Gasteiger partial charge in [0.1, 0.15) is 50.4 Å². The monoisotopic (exact) mass is 1850 g/mol. The molecule has 1 aliphatic carbocycles. The fraction of sp³-hybridized carbons (Fsp3) is 0.0233. The van der Waals surface area contributed by atoms with Gasteiger partial charge >= 0.3 is 0 Å². The SMILES string of the molecule is CC1(C)c2ccccc2-c2cc3c(cc21)c1ccccc1n3-c1ccccc1-c1nc(-c2ccccc2)c2oc3ccccc3c2n1.c1ccc(-c2nc(-c3ccccc3-n3c4ccccc4c4cc5c(cc43)c3ccccc3n5-c3ccccc3)nc3c2oc2ccccc23)cc1.c1ccc(-c2nc(-c3ccccc3-n3c4ccccc4c4cc5sc6ccccc6c5cc43)nc3c2oc2ccccc23)cc1. The van der Waals surface area contributed by atoms with Crippen LogP contribution in [0.15, 0.2) is 462 Å². The zero-order valence-electron chi connectivity index (χ0n) is 77.3. The zero-order chi connectivity index (χ0) is 94.2. The summed E-state index contributed by atoms with van der Waals surface area (Å²) in [5.41, 5.74) is 33.9. The van der Waals surface area contributed by atoms with Crippen LogP contribution >= 0.6 is 11.3 Å². The van der Waals surface area contributed by atoms with E-state index in [1.165, 1.54) is 102 Å². The Morgan fingerprint density at radius 2 is 0.517 bits per heavy atom. The van der Waals surface area contributed by atoms with E-state index >= 15 is 0 Å². The number of hydrogen-bond acceptors (Lipinski definition) is 10. The topological polar surface area (TPSA) is 136 Å². The van der Waals surface area contributed by atoms with Gasteiger partial charge in [-0.2, -0.15) is 0 Å². The summed E-state index contributed by atoms with van der Waals surface area (Å²) >= 11 is 1.85. The molecule has 13 nitrogen and oxygen atoms in total. The van der Waals surface area contributed by atoms with Crippen molar-refractivity contribution in [2.45, 2.75) is 19.3 Å². The van der Waals surface area contributed by atoms with Crippen LogP contribution in [0.2, 0.25) is 0 Å². The van der Waals surface area contributed by atoms with E-state index in [9.17, 15) is 0 Å². The largest absolute Gasteiger partial charge is 0.452 e. The number of rotatable bonds is 10. The van der Waals surface area contributed by atoms with Crippen molar-refractivity contribution in [1.82, 2.24) is 48.2 Å². The van der Waals surface area contributed by atoms with E-state index in [-0.39, 0.29) is 5.41 Å². The standard InChI is InChI=1S/C46H28N4O.C43H29N3O.C40H23N3OS/c1-3-15-29(16-4-1)43-45-44(34-22-10-14-26-42(34)51-45)48-46(47-43)33-21-9-13-25-39(33)50-38-24-12-8-20-32(38)36-27-40-35(28-41(36)50)31-19-7-11-23-37(31)49(40)30-17-5-2-6-18-30;1-43(2)33-20-10-6-16-27(33)31-25-37-32(24-34(31)43)28-17-7-11-21-35(28)46(37)36-22-12-8-18-29(36)42-44-39(26-14-4-3-5-15-26)41-40(45-42)30-19-9-13-23-38(30)47-41;1-2-12-24(13-3-1)37-39-38(28-17-6-10-20-34(28)44-39)42-40(41-37)27-16-5-9-19-32(27)43-31-18-8-4-14-25(31)29-23-36-30(22-33(29)43)26-15-7-11-21-35(26)45-36/h1-28H;3-25H,1-2H3;1-23H. The third-order valence-corrected chi connectivity index (χ3v) is 30.1. The van der Waals surface area contributed by atoms with Crippen LogP contribution < -0.4 is 0 Å². The van der Waals surface area contributed by atoms with Gasteiger partial charge in [-0.05, 0) is 174 Å². The molecular formula is C129H80N10O3S. The maximum Gasteiger partial charge on any atom is 0.180 e. The molecule has 0 atom stereocenters. The predicted molar refractivity (Wildman–Crippen MR) is 588 cm³/mol. The van der Waals surface area contributed by atoms with Gasteiger partial charge in [-0.15, -0.1) is 11.3 Å². The molecule has 0 fully saturated rings. The maximum absolute atomic E-state index is 6.42. The maximum atomic E-state index is 6.42. The highest BCUT2D eigenvalue weighted by atomic mass is 32.1. The van der Waals surface area contributed by atoms with Gasteiger partial charge in [-0.25, -0.2) is 29.9 Å². The number of para-hydroxylation sites is 11. The fourth-order valence-corrected chi connectivity index (χ4v) is 23.6. The van der Waals surface area contributed by atoms with E-state index in [0.29, 0.717) is 34.2 Å². The molecule has 0 unspecified atom stereocenters. The summed E-state index contributed by atoms with van der Waals surface area (Å²) in [6.07, 6.45) is 0. The Bertz CT molecular complexity index is 10500. The van der Waals surface area contributed by atoms with E-state index in [4.69, 9.17) is 43.2 Å². The number of hydrogen-bond donors (Lipinski definition) is 0. The molecule has 143 heavy (non-hydrogen) atoms. The molecule has 0 spiro atoms. The molecule has 0 N–H and O–H groups in total. The van der Waals surface area contributed by atoms with E-state index in [2.05, 4.69) is 372 Å². The van der Waals surface area contributed by atoms with Crippen molar-refractivity contribution in [3.63, 3.8) is 0 Å². The van der Waals surface area contributed by atoms with E-state index in [1.54, 1.807) is 0 Å². The minimum Gasteiger partial charge on any atom is -0.452 e. The molecule has 14 heteroatoms. The highest BCUT2D eigenvalue weighted by Gasteiger charge is 2.37. The molecule has 670 valence electrons. The minimum absolute atomic E-state index is 0.0777. The quantitative estimate of drug-likeness (QED) is 0.131. The summed E-state index contributed by atoms with van der Waals surface area (Å²) in [7, 11) is 0. The van der Waals surface area contributed by atoms with Gasteiger partial charge in [0.05, 0.1) is 61.2 Å². The number of thiophene rings is 1. The van der Waals surface area contributed by atoms with Gasteiger partial charge in [0, 0.05) is 124 Å². The highest BCUT2D eigenvalue weighted by Crippen LogP contribution is 2.53. The summed E-state index contributed by atoms with van der Waals surface area (Å²) in [5, 5.41) is 15.2. The first-order valence-corrected chi connectivity index (χ1v) is 49.1. The van der Waals surface area contributed by atoms with Crippen LogP contribution in [0.5, 0.6) is 0 Å². The lowest BCUT2D eigenvalue weighted by molar-refractivity contribution is 0.661. The Kier molecular flexibility index (Phi) is 18.3. The van der Waals surface area contributed by atoms with E-state index < -0.39 is 0 Å². The van der Waals surface area contributed by atoms with Gasteiger partial charge in [-0.1, -0.05) is 311 Å². The summed E-state index contributed by atoms with van der Waals surface area (Å²) in [6, 6.07) is 158. The molecule has 0 amide bonds. The van der Waals surface area contributed by atoms with Crippen LogP contribution in [0.3, 0.4) is 0 Å². The van der Waals surface area contributed by atoms with E-state index in [1.807, 2.05) is 121 Å². The van der Waals surface area contributed by atoms with Crippen molar-refractivity contribution in [3.8, 4) is 102 Å². The number of benzene rings is 19. The van der Waals surface area contributed by atoms with Gasteiger partial charge < -0.3 is 31.5 Å². The number of nitrogens with zero attached hydrogens (tertiary/aromatic N) is 10. The van der Waals surface area contributed by atoms with Crippen LogP contribution in [-0.4, -0.2) is 48.2 Å². The summed E-state index contributed by atoms with van der Waals surface area (Å²) < 4.78 is 31.4. The molecule has 0 saturated carbocycles. The Morgan fingerprint density at radius 3 is 0.944 bits per heavy atom. The normalized spacial score (nSPS) is 12.5. The van der Waals surface area contributed by atoms with Crippen LogP contribution in [-0.2, 0) is 5.41 Å². The van der Waals surface area contributed by atoms with Crippen molar-refractivity contribution in [3.05, 3.63) is 460 Å². The van der Waals surface area contributed by atoms with Gasteiger partial charge in [0.2, 0.25) is 0 Å². The molecule has 0 radical (unpaired) electrons. The van der Waals surface area contributed by atoms with Crippen LogP contribution in [0, 0.1) is 0 Å². The average Bonchev–Trinajstić information content (AvgIpc) is 1.54. The van der Waals surface area contributed by atoms with Crippen LogP contribution in [0.4, 0.5) is 0 Å². The summed E-state index contributed by atoms with van der Waals surface area (Å²) in [6.45, 7) is 4.69. The van der Waals surface area contributed by atoms with Gasteiger partial charge in [-0.3, -0.25) is 0 Å². The van der Waals surface area contributed by atoms with Crippen LogP contribution in [0.1, 0.15) is 25.0 Å². The van der Waals surface area contributed by atoms with Gasteiger partial charge in [0.25, 0.3) is 0 Å². The Labute approximate surface area is 821 Å².